The molecule has 0 radical (unpaired) electrons. The highest BCUT2D eigenvalue weighted by molar-refractivity contribution is 5.72. The maximum absolute atomic E-state index is 13.4. The molecule has 0 amide bonds. The van der Waals surface area contributed by atoms with Crippen molar-refractivity contribution in [2.45, 2.75) is 51.8 Å². The standard InChI is InChI=1S/C29H31F3O5/c1-4-20-16-25(11-8-21(20)9-13-28(33)34)36-15-14-19(2)37-27-12-10-23(29(30,31)32)18-26(27)22-6-5-7-24(17-22)35-3/h5-8,10-12,16-19H,4,9,13-15H2,1-3H3,(H,33,34)/t19-/m1/s1. The Morgan fingerprint density at radius 2 is 1.78 bits per heavy atom. The first kappa shape index (κ1) is 27.9. The smallest absolute Gasteiger partial charge is 0.416 e. The van der Waals surface area contributed by atoms with E-state index in [1.165, 1.54) is 13.2 Å². The molecule has 0 spiro atoms. The van der Waals surface area contributed by atoms with E-state index in [4.69, 9.17) is 19.3 Å². The molecule has 198 valence electrons. The Bertz CT molecular complexity index is 1210. The molecule has 0 bridgehead atoms. The van der Waals surface area contributed by atoms with Crippen LogP contribution >= 0.6 is 0 Å². The van der Waals surface area contributed by atoms with Crippen LogP contribution in [0.1, 0.15) is 43.4 Å². The van der Waals surface area contributed by atoms with Gasteiger partial charge in [0.05, 0.1) is 25.4 Å². The van der Waals surface area contributed by atoms with Crippen LogP contribution in [-0.4, -0.2) is 30.9 Å². The molecule has 0 saturated carbocycles. The van der Waals surface area contributed by atoms with Gasteiger partial charge in [0.25, 0.3) is 0 Å². The Labute approximate surface area is 214 Å². The molecule has 0 fully saturated rings. The summed E-state index contributed by atoms with van der Waals surface area (Å²) in [6, 6.07) is 15.9. The molecular formula is C29H31F3O5. The summed E-state index contributed by atoms with van der Waals surface area (Å²) in [5, 5.41) is 8.93. The highest BCUT2D eigenvalue weighted by atomic mass is 19.4. The van der Waals surface area contributed by atoms with Gasteiger partial charge in [0.1, 0.15) is 17.2 Å². The van der Waals surface area contributed by atoms with E-state index in [0.29, 0.717) is 47.8 Å². The lowest BCUT2D eigenvalue weighted by Gasteiger charge is -2.20. The second kappa shape index (κ2) is 12.5. The maximum atomic E-state index is 13.4. The largest absolute Gasteiger partial charge is 0.497 e. The van der Waals surface area contributed by atoms with Crippen LogP contribution in [0, 0.1) is 0 Å². The van der Waals surface area contributed by atoms with Gasteiger partial charge in [0.2, 0.25) is 0 Å². The van der Waals surface area contributed by atoms with Gasteiger partial charge >= 0.3 is 12.1 Å². The van der Waals surface area contributed by atoms with Crippen molar-refractivity contribution in [3.63, 3.8) is 0 Å². The first-order chi connectivity index (χ1) is 17.6. The number of methoxy groups -OCH3 is 1. The predicted octanol–water partition coefficient (Wildman–Crippen LogP) is 7.20. The number of aliphatic carboxylic acids is 1. The molecule has 8 heteroatoms. The van der Waals surface area contributed by atoms with E-state index in [-0.39, 0.29) is 12.5 Å². The van der Waals surface area contributed by atoms with Crippen LogP contribution in [0.3, 0.4) is 0 Å². The fourth-order valence-corrected chi connectivity index (χ4v) is 3.95. The lowest BCUT2D eigenvalue weighted by atomic mass is 10.0. The van der Waals surface area contributed by atoms with Crippen molar-refractivity contribution in [2.24, 2.45) is 0 Å². The fourth-order valence-electron chi connectivity index (χ4n) is 3.95. The van der Waals surface area contributed by atoms with Crippen LogP contribution in [0.2, 0.25) is 0 Å². The molecule has 0 aliphatic heterocycles. The molecule has 5 nitrogen and oxygen atoms in total. The van der Waals surface area contributed by atoms with Crippen LogP contribution in [0.5, 0.6) is 17.2 Å². The average Bonchev–Trinajstić information content (AvgIpc) is 2.87. The number of alkyl halides is 3. The lowest BCUT2D eigenvalue weighted by Crippen LogP contribution is -2.16. The topological polar surface area (TPSA) is 65.0 Å². The molecule has 3 aromatic carbocycles. The number of benzene rings is 3. The third-order valence-corrected chi connectivity index (χ3v) is 5.98. The summed E-state index contributed by atoms with van der Waals surface area (Å²) in [5.74, 6) is 0.709. The molecule has 37 heavy (non-hydrogen) atoms. The number of ether oxygens (including phenoxy) is 3. The molecular weight excluding hydrogens is 485 g/mol. The second-order valence-electron chi connectivity index (χ2n) is 8.68. The van der Waals surface area contributed by atoms with Crippen molar-refractivity contribution in [1.82, 2.24) is 0 Å². The molecule has 1 atom stereocenters. The van der Waals surface area contributed by atoms with Gasteiger partial charge in [-0.25, -0.2) is 0 Å². The first-order valence-corrected chi connectivity index (χ1v) is 12.1. The quantitative estimate of drug-likeness (QED) is 0.276. The molecule has 0 aliphatic carbocycles. The number of carbonyl (C=O) groups is 1. The molecule has 0 aromatic heterocycles. The van der Waals surface area contributed by atoms with Crippen molar-refractivity contribution in [3.05, 3.63) is 77.4 Å². The van der Waals surface area contributed by atoms with Crippen LogP contribution in [0.15, 0.2) is 60.7 Å². The van der Waals surface area contributed by atoms with E-state index in [2.05, 4.69) is 0 Å². The van der Waals surface area contributed by atoms with Crippen molar-refractivity contribution < 1.29 is 37.3 Å². The monoisotopic (exact) mass is 516 g/mol. The molecule has 3 aromatic rings. The zero-order valence-electron chi connectivity index (χ0n) is 21.1. The third kappa shape index (κ3) is 7.90. The normalized spacial score (nSPS) is 12.2. The van der Waals surface area contributed by atoms with E-state index >= 15 is 0 Å². The number of hydrogen-bond acceptors (Lipinski definition) is 4. The number of carboxylic acids is 1. The minimum Gasteiger partial charge on any atom is -0.497 e. The van der Waals surface area contributed by atoms with Gasteiger partial charge in [-0.2, -0.15) is 13.2 Å². The highest BCUT2D eigenvalue weighted by Crippen LogP contribution is 2.38. The van der Waals surface area contributed by atoms with Gasteiger partial charge in [-0.3, -0.25) is 4.79 Å². The van der Waals surface area contributed by atoms with E-state index < -0.39 is 17.7 Å². The lowest BCUT2D eigenvalue weighted by molar-refractivity contribution is -0.138. The second-order valence-corrected chi connectivity index (χ2v) is 8.68. The Morgan fingerprint density at radius 1 is 1.00 bits per heavy atom. The molecule has 3 rings (SSSR count). The van der Waals surface area contributed by atoms with Crippen LogP contribution in [0.25, 0.3) is 11.1 Å². The summed E-state index contributed by atoms with van der Waals surface area (Å²) in [7, 11) is 1.50. The summed E-state index contributed by atoms with van der Waals surface area (Å²) in [4.78, 5) is 10.9. The number of carboxylic acid groups (broad SMARTS) is 1. The minimum absolute atomic E-state index is 0.0732. The summed E-state index contributed by atoms with van der Waals surface area (Å²) >= 11 is 0. The number of halogens is 3. The summed E-state index contributed by atoms with van der Waals surface area (Å²) in [5.41, 5.74) is 2.15. The molecule has 1 N–H and O–H groups in total. The van der Waals surface area contributed by atoms with Gasteiger partial charge in [-0.05, 0) is 78.9 Å². The average molecular weight is 517 g/mol. The van der Waals surface area contributed by atoms with Gasteiger partial charge in [-0.15, -0.1) is 0 Å². The predicted molar refractivity (Wildman–Crippen MR) is 135 cm³/mol. The molecule has 0 unspecified atom stereocenters. The van der Waals surface area contributed by atoms with Crippen LogP contribution in [0.4, 0.5) is 13.2 Å². The van der Waals surface area contributed by atoms with Crippen LogP contribution in [-0.2, 0) is 23.8 Å². The van der Waals surface area contributed by atoms with Crippen molar-refractivity contribution in [1.29, 1.82) is 0 Å². The van der Waals surface area contributed by atoms with E-state index in [9.17, 15) is 18.0 Å². The molecule has 0 aliphatic rings. The summed E-state index contributed by atoms with van der Waals surface area (Å²) in [6.45, 7) is 4.18. The van der Waals surface area contributed by atoms with Crippen molar-refractivity contribution >= 4 is 5.97 Å². The summed E-state index contributed by atoms with van der Waals surface area (Å²) < 4.78 is 57.4. The first-order valence-electron chi connectivity index (χ1n) is 12.1. The Hall–Kier alpha value is -3.68. The maximum Gasteiger partial charge on any atom is 0.416 e. The van der Waals surface area contributed by atoms with Gasteiger partial charge in [0.15, 0.2) is 0 Å². The van der Waals surface area contributed by atoms with Crippen molar-refractivity contribution in [2.75, 3.05) is 13.7 Å². The number of rotatable bonds is 12. The highest BCUT2D eigenvalue weighted by Gasteiger charge is 2.31. The Balaban J connectivity index is 1.69. The SMILES string of the molecule is CCc1cc(OCC[C@@H](C)Oc2ccc(C(F)(F)F)cc2-c2cccc(OC)c2)ccc1CCC(=O)O. The van der Waals surface area contributed by atoms with E-state index in [1.807, 2.05) is 32.0 Å². The van der Waals surface area contributed by atoms with Gasteiger partial charge in [0, 0.05) is 18.4 Å². The number of aryl methyl sites for hydroxylation is 2. The third-order valence-electron chi connectivity index (χ3n) is 5.98. The van der Waals surface area contributed by atoms with E-state index in [1.54, 1.807) is 24.3 Å². The molecule has 0 heterocycles. The van der Waals surface area contributed by atoms with Crippen molar-refractivity contribution in [3.8, 4) is 28.4 Å². The number of hydrogen-bond donors (Lipinski definition) is 1. The minimum atomic E-state index is -4.48. The van der Waals surface area contributed by atoms with Gasteiger partial charge in [-0.1, -0.05) is 25.1 Å². The van der Waals surface area contributed by atoms with Crippen LogP contribution < -0.4 is 14.2 Å². The fraction of sp³-hybridized carbons (Fsp3) is 0.345. The zero-order chi connectivity index (χ0) is 27.0. The summed E-state index contributed by atoms with van der Waals surface area (Å²) in [6.07, 6.45) is -3.02. The van der Waals surface area contributed by atoms with E-state index in [0.717, 1.165) is 29.7 Å². The Kier molecular flexibility index (Phi) is 9.44. The molecule has 0 saturated heterocycles. The van der Waals surface area contributed by atoms with Gasteiger partial charge < -0.3 is 19.3 Å². The Morgan fingerprint density at radius 3 is 2.46 bits per heavy atom. The zero-order valence-corrected chi connectivity index (χ0v) is 21.1.